The number of carbonyl (C=O) groups is 1. The van der Waals surface area contributed by atoms with Gasteiger partial charge in [-0.2, -0.15) is 0 Å². The molecule has 2 rings (SSSR count). The van der Waals surface area contributed by atoms with Crippen LogP contribution >= 0.6 is 0 Å². The van der Waals surface area contributed by atoms with E-state index in [1.165, 1.54) is 13.3 Å². The van der Waals surface area contributed by atoms with Crippen LogP contribution in [0.3, 0.4) is 0 Å². The number of rotatable bonds is 3. The van der Waals surface area contributed by atoms with E-state index in [0.717, 1.165) is 6.42 Å². The zero-order chi connectivity index (χ0) is 12.3. The highest BCUT2D eigenvalue weighted by atomic mass is 19.1. The highest BCUT2D eigenvalue weighted by molar-refractivity contribution is 5.94. The molecule has 0 spiro atoms. The van der Waals surface area contributed by atoms with Crippen LogP contribution in [0.4, 0.5) is 4.39 Å². The Labute approximate surface area is 99.2 Å². The van der Waals surface area contributed by atoms with Crippen molar-refractivity contribution >= 4 is 5.91 Å². The summed E-state index contributed by atoms with van der Waals surface area (Å²) < 4.78 is 18.2. The number of amides is 1. The lowest BCUT2D eigenvalue weighted by Gasteiger charge is -2.14. The van der Waals surface area contributed by atoms with Crippen LogP contribution in [-0.4, -0.2) is 30.2 Å². The quantitative estimate of drug-likeness (QED) is 0.872. The van der Waals surface area contributed by atoms with Crippen LogP contribution in [0.15, 0.2) is 18.3 Å². The van der Waals surface area contributed by atoms with Crippen molar-refractivity contribution in [2.24, 2.45) is 0 Å². The van der Waals surface area contributed by atoms with Crippen molar-refractivity contribution in [1.29, 1.82) is 0 Å². The largest absolute Gasteiger partial charge is 0.481 e. The number of carbonyl (C=O) groups excluding carboxylic acids is 1. The molecule has 0 radical (unpaired) electrons. The summed E-state index contributed by atoms with van der Waals surface area (Å²) in [4.78, 5) is 15.7. The summed E-state index contributed by atoms with van der Waals surface area (Å²) in [6, 6.07) is 2.87. The monoisotopic (exact) mass is 238 g/mol. The molecule has 1 aliphatic carbocycles. The van der Waals surface area contributed by atoms with Crippen LogP contribution in [0, 0.1) is 0 Å². The minimum atomic E-state index is -0.926. The Balaban J connectivity index is 1.99. The number of ether oxygens (including phenoxy) is 1. The molecule has 5 heteroatoms. The summed E-state index contributed by atoms with van der Waals surface area (Å²) in [6.07, 6.45) is 2.57. The zero-order valence-corrected chi connectivity index (χ0v) is 9.65. The second kappa shape index (κ2) is 5.12. The lowest BCUT2D eigenvalue weighted by atomic mass is 10.2. The average Bonchev–Trinajstić information content (AvgIpc) is 2.75. The normalized spacial score (nSPS) is 23.4. The topological polar surface area (TPSA) is 51.2 Å². The Morgan fingerprint density at radius 3 is 2.88 bits per heavy atom. The van der Waals surface area contributed by atoms with Gasteiger partial charge in [0.2, 0.25) is 5.88 Å². The third kappa shape index (κ3) is 2.72. The number of hydrogen-bond acceptors (Lipinski definition) is 3. The molecule has 1 N–H and O–H groups in total. The number of nitrogens with one attached hydrogen (secondary N) is 1. The molecular weight excluding hydrogens is 223 g/mol. The molecule has 0 bridgehead atoms. The van der Waals surface area contributed by atoms with Crippen molar-refractivity contribution in [2.45, 2.75) is 31.5 Å². The van der Waals surface area contributed by atoms with Crippen molar-refractivity contribution in [2.75, 3.05) is 7.11 Å². The van der Waals surface area contributed by atoms with E-state index in [2.05, 4.69) is 10.3 Å². The molecule has 1 fully saturated rings. The third-order valence-electron chi connectivity index (χ3n) is 2.96. The van der Waals surface area contributed by atoms with E-state index in [1.54, 1.807) is 12.1 Å². The molecule has 0 unspecified atom stereocenters. The highest BCUT2D eigenvalue weighted by Crippen LogP contribution is 2.22. The van der Waals surface area contributed by atoms with Crippen LogP contribution in [0.1, 0.15) is 29.6 Å². The Hall–Kier alpha value is -1.65. The summed E-state index contributed by atoms with van der Waals surface area (Å²) in [5.74, 6) is 0.167. The first-order valence-electron chi connectivity index (χ1n) is 5.65. The fourth-order valence-electron chi connectivity index (χ4n) is 1.96. The molecule has 2 atom stereocenters. The molecule has 0 aromatic carbocycles. The van der Waals surface area contributed by atoms with Crippen molar-refractivity contribution < 1.29 is 13.9 Å². The molecule has 1 aromatic rings. The molecule has 0 aliphatic heterocycles. The van der Waals surface area contributed by atoms with E-state index < -0.39 is 6.17 Å². The lowest BCUT2D eigenvalue weighted by Crippen LogP contribution is -2.38. The molecule has 1 heterocycles. The van der Waals surface area contributed by atoms with Gasteiger partial charge < -0.3 is 10.1 Å². The van der Waals surface area contributed by atoms with Gasteiger partial charge in [-0.05, 0) is 25.3 Å². The predicted molar refractivity (Wildman–Crippen MR) is 60.8 cm³/mol. The standard InChI is InChI=1S/C12H15FN2O2/c1-17-11-6-5-8(7-14-11)12(16)15-10-4-2-3-9(10)13/h5-7,9-10H,2-4H2,1H3,(H,15,16)/t9-,10-/m1/s1. The van der Waals surface area contributed by atoms with Crippen molar-refractivity contribution in [3.63, 3.8) is 0 Å². The highest BCUT2D eigenvalue weighted by Gasteiger charge is 2.28. The number of aromatic nitrogens is 1. The van der Waals surface area contributed by atoms with Gasteiger partial charge in [0.25, 0.3) is 5.91 Å². The maximum Gasteiger partial charge on any atom is 0.253 e. The van der Waals surface area contributed by atoms with Gasteiger partial charge in [0.05, 0.1) is 18.7 Å². The van der Waals surface area contributed by atoms with Gasteiger partial charge in [0.1, 0.15) is 6.17 Å². The Morgan fingerprint density at radius 1 is 1.53 bits per heavy atom. The smallest absolute Gasteiger partial charge is 0.253 e. The molecule has 17 heavy (non-hydrogen) atoms. The molecule has 1 aliphatic rings. The molecular formula is C12H15FN2O2. The predicted octanol–water partition coefficient (Wildman–Crippen LogP) is 1.71. The molecule has 4 nitrogen and oxygen atoms in total. The molecule has 1 aromatic heterocycles. The minimum Gasteiger partial charge on any atom is -0.481 e. The van der Waals surface area contributed by atoms with E-state index in [-0.39, 0.29) is 11.9 Å². The number of pyridine rings is 1. The molecule has 1 amide bonds. The van der Waals surface area contributed by atoms with Crippen molar-refractivity contribution in [1.82, 2.24) is 10.3 Å². The van der Waals surface area contributed by atoms with Crippen molar-refractivity contribution in [3.8, 4) is 5.88 Å². The van der Waals surface area contributed by atoms with Crippen LogP contribution in [0.25, 0.3) is 0 Å². The van der Waals surface area contributed by atoms with Gasteiger partial charge in [-0.3, -0.25) is 4.79 Å². The van der Waals surface area contributed by atoms with Gasteiger partial charge in [-0.25, -0.2) is 9.37 Å². The molecule has 1 saturated carbocycles. The first-order valence-corrected chi connectivity index (χ1v) is 5.65. The maximum atomic E-state index is 13.3. The number of halogens is 1. The second-order valence-corrected chi connectivity index (χ2v) is 4.12. The van der Waals surface area contributed by atoms with Crippen LogP contribution in [-0.2, 0) is 0 Å². The first kappa shape index (κ1) is 11.8. The molecule has 92 valence electrons. The number of methoxy groups -OCH3 is 1. The van der Waals surface area contributed by atoms with Crippen LogP contribution in [0.5, 0.6) is 5.88 Å². The fourth-order valence-corrected chi connectivity index (χ4v) is 1.96. The van der Waals surface area contributed by atoms with E-state index in [1.807, 2.05) is 0 Å². The first-order chi connectivity index (χ1) is 8.20. The Morgan fingerprint density at radius 2 is 2.35 bits per heavy atom. The Kier molecular flexibility index (Phi) is 3.56. The van der Waals surface area contributed by atoms with Crippen molar-refractivity contribution in [3.05, 3.63) is 23.9 Å². The fraction of sp³-hybridized carbons (Fsp3) is 0.500. The van der Waals surface area contributed by atoms with E-state index >= 15 is 0 Å². The third-order valence-corrected chi connectivity index (χ3v) is 2.96. The van der Waals surface area contributed by atoms with Crippen LogP contribution in [0.2, 0.25) is 0 Å². The molecule has 0 saturated heterocycles. The SMILES string of the molecule is COc1ccc(C(=O)N[C@@H]2CCC[C@H]2F)cn1. The van der Waals surface area contributed by atoms with Gasteiger partial charge in [-0.1, -0.05) is 0 Å². The summed E-state index contributed by atoms with van der Waals surface area (Å²) in [7, 11) is 1.51. The summed E-state index contributed by atoms with van der Waals surface area (Å²) in [5.41, 5.74) is 0.421. The zero-order valence-electron chi connectivity index (χ0n) is 9.65. The second-order valence-electron chi connectivity index (χ2n) is 4.12. The van der Waals surface area contributed by atoms with E-state index in [9.17, 15) is 9.18 Å². The number of alkyl halides is 1. The van der Waals surface area contributed by atoms with E-state index in [0.29, 0.717) is 24.3 Å². The number of hydrogen-bond donors (Lipinski definition) is 1. The van der Waals surface area contributed by atoms with Gasteiger partial charge in [0, 0.05) is 12.3 Å². The maximum absolute atomic E-state index is 13.3. The number of nitrogens with zero attached hydrogens (tertiary/aromatic N) is 1. The minimum absolute atomic E-state index is 0.283. The average molecular weight is 238 g/mol. The van der Waals surface area contributed by atoms with Crippen LogP contribution < -0.4 is 10.1 Å². The summed E-state index contributed by atoms with van der Waals surface area (Å²) in [5, 5.41) is 2.69. The van der Waals surface area contributed by atoms with Gasteiger partial charge in [-0.15, -0.1) is 0 Å². The van der Waals surface area contributed by atoms with Gasteiger partial charge >= 0.3 is 0 Å². The Bertz CT molecular complexity index is 394. The summed E-state index contributed by atoms with van der Waals surface area (Å²) in [6.45, 7) is 0. The van der Waals surface area contributed by atoms with Gasteiger partial charge in [0.15, 0.2) is 0 Å². The lowest BCUT2D eigenvalue weighted by molar-refractivity contribution is 0.0919. The summed E-state index contributed by atoms with van der Waals surface area (Å²) >= 11 is 0. The van der Waals surface area contributed by atoms with E-state index in [4.69, 9.17) is 4.74 Å².